The van der Waals surface area contributed by atoms with Crippen molar-refractivity contribution in [3.63, 3.8) is 0 Å². The third-order valence-electron chi connectivity index (χ3n) is 3.99. The normalized spacial score (nSPS) is 24.2. The molecule has 2 N–H and O–H groups in total. The summed E-state index contributed by atoms with van der Waals surface area (Å²) in [5.74, 6) is 0. The Balaban J connectivity index is 2.47. The minimum atomic E-state index is -0.146. The summed E-state index contributed by atoms with van der Waals surface area (Å²) in [6.45, 7) is 13.5. The van der Waals surface area contributed by atoms with Crippen molar-refractivity contribution in [2.24, 2.45) is 0 Å². The molecule has 3 heteroatoms. The van der Waals surface area contributed by atoms with Gasteiger partial charge in [0.1, 0.15) is 0 Å². The van der Waals surface area contributed by atoms with Crippen LogP contribution in [-0.2, 0) is 0 Å². The summed E-state index contributed by atoms with van der Waals surface area (Å²) in [4.78, 5) is 2.56. The van der Waals surface area contributed by atoms with Gasteiger partial charge in [0.25, 0.3) is 0 Å². The van der Waals surface area contributed by atoms with Gasteiger partial charge < -0.3 is 10.4 Å². The Morgan fingerprint density at radius 2 is 2.06 bits per heavy atom. The third-order valence-corrected chi connectivity index (χ3v) is 3.99. The van der Waals surface area contributed by atoms with Crippen LogP contribution in [0.1, 0.15) is 53.9 Å². The van der Waals surface area contributed by atoms with Crippen molar-refractivity contribution in [2.75, 3.05) is 19.7 Å². The van der Waals surface area contributed by atoms with Crippen molar-refractivity contribution in [1.82, 2.24) is 10.2 Å². The molecule has 1 aliphatic rings. The van der Waals surface area contributed by atoms with Crippen molar-refractivity contribution in [1.29, 1.82) is 0 Å². The fourth-order valence-corrected chi connectivity index (χ4v) is 2.85. The van der Waals surface area contributed by atoms with Crippen molar-refractivity contribution >= 4 is 0 Å². The number of nitrogens with one attached hydrogen (secondary N) is 1. The zero-order chi connectivity index (χ0) is 13.1. The molecule has 1 rings (SSSR count). The van der Waals surface area contributed by atoms with E-state index in [1.54, 1.807) is 0 Å². The number of rotatable bonds is 6. The van der Waals surface area contributed by atoms with Crippen LogP contribution in [0.15, 0.2) is 0 Å². The van der Waals surface area contributed by atoms with E-state index in [0.29, 0.717) is 11.6 Å². The molecular formula is C14H30N2O. The van der Waals surface area contributed by atoms with Gasteiger partial charge >= 0.3 is 0 Å². The van der Waals surface area contributed by atoms with E-state index >= 15 is 0 Å². The molecule has 0 saturated carbocycles. The molecule has 0 aromatic heterocycles. The van der Waals surface area contributed by atoms with Gasteiger partial charge in [0.15, 0.2) is 0 Å². The molecule has 0 aromatic carbocycles. The van der Waals surface area contributed by atoms with Gasteiger partial charge in [-0.1, -0.05) is 13.8 Å². The quantitative estimate of drug-likeness (QED) is 0.748. The van der Waals surface area contributed by atoms with Crippen molar-refractivity contribution in [3.05, 3.63) is 0 Å². The Morgan fingerprint density at radius 3 is 2.47 bits per heavy atom. The van der Waals surface area contributed by atoms with Crippen LogP contribution in [-0.4, -0.2) is 46.8 Å². The molecule has 102 valence electrons. The molecule has 17 heavy (non-hydrogen) atoms. The van der Waals surface area contributed by atoms with E-state index in [1.165, 1.54) is 19.4 Å². The highest BCUT2D eigenvalue weighted by Gasteiger charge is 2.33. The minimum absolute atomic E-state index is 0.146. The number of nitrogens with zero attached hydrogens (tertiary/aromatic N) is 1. The first kappa shape index (κ1) is 14.9. The number of likely N-dealkylation sites (tertiary alicyclic amines) is 1. The number of aliphatic hydroxyl groups excluding tert-OH is 1. The molecule has 3 nitrogen and oxygen atoms in total. The van der Waals surface area contributed by atoms with Gasteiger partial charge in [0.2, 0.25) is 0 Å². The number of hydrogen-bond donors (Lipinski definition) is 2. The fraction of sp³-hybridized carbons (Fsp3) is 1.00. The highest BCUT2D eigenvalue weighted by molar-refractivity contribution is 4.91. The first-order chi connectivity index (χ1) is 7.79. The zero-order valence-electron chi connectivity index (χ0n) is 12.2. The molecule has 0 aromatic rings. The summed E-state index contributed by atoms with van der Waals surface area (Å²) < 4.78 is 0. The minimum Gasteiger partial charge on any atom is -0.394 e. The maximum Gasteiger partial charge on any atom is 0.0611 e. The van der Waals surface area contributed by atoms with E-state index in [4.69, 9.17) is 0 Å². The van der Waals surface area contributed by atoms with Crippen molar-refractivity contribution in [3.8, 4) is 0 Å². The molecule has 0 spiro atoms. The van der Waals surface area contributed by atoms with Crippen LogP contribution in [0, 0.1) is 0 Å². The third kappa shape index (κ3) is 4.23. The van der Waals surface area contributed by atoms with Gasteiger partial charge in [-0.25, -0.2) is 0 Å². The molecule has 0 amide bonds. The average molecular weight is 242 g/mol. The topological polar surface area (TPSA) is 35.5 Å². The van der Waals surface area contributed by atoms with E-state index < -0.39 is 0 Å². The molecule has 1 fully saturated rings. The second kappa shape index (κ2) is 5.68. The molecule has 0 aliphatic carbocycles. The molecule has 1 aliphatic heterocycles. The zero-order valence-corrected chi connectivity index (χ0v) is 12.2. The maximum atomic E-state index is 9.56. The lowest BCUT2D eigenvalue weighted by molar-refractivity contribution is 0.114. The fourth-order valence-electron chi connectivity index (χ4n) is 2.85. The monoisotopic (exact) mass is 242 g/mol. The van der Waals surface area contributed by atoms with Crippen LogP contribution in [0.5, 0.6) is 0 Å². The van der Waals surface area contributed by atoms with Crippen molar-refractivity contribution < 1.29 is 5.11 Å². The Bertz CT molecular complexity index is 240. The lowest BCUT2D eigenvalue weighted by atomic mass is 9.96. The standard InChI is InChI=1S/C14H30N2O/c1-12(2)15-14(5,11-17)8-10-16-9-6-7-13(16,3)4/h12,15,17H,6-11H2,1-5H3. The van der Waals surface area contributed by atoms with Gasteiger partial charge in [-0.2, -0.15) is 0 Å². The first-order valence-corrected chi connectivity index (χ1v) is 6.93. The number of aliphatic hydroxyl groups is 1. The first-order valence-electron chi connectivity index (χ1n) is 6.93. The molecule has 1 saturated heterocycles. The lowest BCUT2D eigenvalue weighted by Crippen LogP contribution is -2.52. The summed E-state index contributed by atoms with van der Waals surface area (Å²) >= 11 is 0. The van der Waals surface area contributed by atoms with Crippen molar-refractivity contribution in [2.45, 2.75) is 71.0 Å². The van der Waals surface area contributed by atoms with E-state index in [2.05, 4.69) is 44.8 Å². The van der Waals surface area contributed by atoms with Gasteiger partial charge in [0.05, 0.1) is 6.61 Å². The summed E-state index contributed by atoms with van der Waals surface area (Å²) in [5, 5.41) is 13.0. The Labute approximate surface area is 107 Å². The Morgan fingerprint density at radius 1 is 1.41 bits per heavy atom. The van der Waals surface area contributed by atoms with Gasteiger partial charge in [0, 0.05) is 23.7 Å². The van der Waals surface area contributed by atoms with E-state index in [9.17, 15) is 5.11 Å². The molecular weight excluding hydrogens is 212 g/mol. The molecule has 0 radical (unpaired) electrons. The van der Waals surface area contributed by atoms with Crippen LogP contribution in [0.4, 0.5) is 0 Å². The van der Waals surface area contributed by atoms with Crippen LogP contribution in [0.25, 0.3) is 0 Å². The van der Waals surface area contributed by atoms with Gasteiger partial charge in [-0.05, 0) is 46.6 Å². The average Bonchev–Trinajstić information content (AvgIpc) is 2.54. The Kier molecular flexibility index (Phi) is 4.99. The van der Waals surface area contributed by atoms with Crippen LogP contribution in [0.2, 0.25) is 0 Å². The Hall–Kier alpha value is -0.120. The van der Waals surface area contributed by atoms with E-state index in [1.807, 2.05) is 0 Å². The molecule has 0 bridgehead atoms. The van der Waals surface area contributed by atoms with E-state index in [0.717, 1.165) is 13.0 Å². The molecule has 1 atom stereocenters. The number of hydrogen-bond acceptors (Lipinski definition) is 3. The van der Waals surface area contributed by atoms with Gasteiger partial charge in [-0.15, -0.1) is 0 Å². The highest BCUT2D eigenvalue weighted by atomic mass is 16.3. The summed E-state index contributed by atoms with van der Waals surface area (Å²) in [5.41, 5.74) is 0.195. The van der Waals surface area contributed by atoms with Crippen LogP contribution < -0.4 is 5.32 Å². The van der Waals surface area contributed by atoms with E-state index in [-0.39, 0.29) is 12.1 Å². The van der Waals surface area contributed by atoms with Crippen LogP contribution >= 0.6 is 0 Å². The predicted octanol–water partition coefficient (Wildman–Crippen LogP) is 2.00. The largest absolute Gasteiger partial charge is 0.394 e. The second-order valence-corrected chi connectivity index (χ2v) is 6.67. The summed E-state index contributed by atoms with van der Waals surface area (Å²) in [6.07, 6.45) is 3.60. The maximum absolute atomic E-state index is 9.56. The van der Waals surface area contributed by atoms with Gasteiger partial charge in [-0.3, -0.25) is 4.90 Å². The molecule has 1 heterocycles. The summed E-state index contributed by atoms with van der Waals surface area (Å²) in [7, 11) is 0. The summed E-state index contributed by atoms with van der Waals surface area (Å²) in [6, 6.07) is 0.415. The lowest BCUT2D eigenvalue weighted by Gasteiger charge is -2.37. The highest BCUT2D eigenvalue weighted by Crippen LogP contribution is 2.29. The molecule has 1 unspecified atom stereocenters. The second-order valence-electron chi connectivity index (χ2n) is 6.67. The smallest absolute Gasteiger partial charge is 0.0611 e. The SMILES string of the molecule is CC(C)NC(C)(CO)CCN1CCCC1(C)C. The predicted molar refractivity (Wildman–Crippen MR) is 73.3 cm³/mol. The van der Waals surface area contributed by atoms with Crippen LogP contribution in [0.3, 0.4) is 0 Å².